The summed E-state index contributed by atoms with van der Waals surface area (Å²) >= 11 is 0. The van der Waals surface area contributed by atoms with Crippen LogP contribution in [0.1, 0.15) is 0 Å². The quantitative estimate of drug-likeness (QED) is 0.688. The summed E-state index contributed by atoms with van der Waals surface area (Å²) in [7, 11) is 1.56. The van der Waals surface area contributed by atoms with E-state index >= 15 is 0 Å². The molecule has 1 aliphatic rings. The number of halogens is 3. The van der Waals surface area contributed by atoms with E-state index in [1.54, 1.807) is 25.5 Å². The van der Waals surface area contributed by atoms with Crippen LogP contribution >= 0.6 is 0 Å². The second-order valence-corrected chi connectivity index (χ2v) is 5.95. The zero-order chi connectivity index (χ0) is 18.5. The molecule has 11 heteroatoms. The fraction of sp³-hybridized carbons (Fsp3) is 0.333. The highest BCUT2D eigenvalue weighted by molar-refractivity contribution is 5.68. The van der Waals surface area contributed by atoms with Crippen molar-refractivity contribution in [1.29, 1.82) is 0 Å². The summed E-state index contributed by atoms with van der Waals surface area (Å²) in [6, 6.07) is 1.60. The molecule has 0 amide bonds. The molecule has 0 aromatic carbocycles. The molecule has 0 spiro atoms. The number of nitrogens with two attached hydrogens (primary N) is 1. The Morgan fingerprint density at radius 3 is 2.96 bits per heavy atom. The Morgan fingerprint density at radius 1 is 1.38 bits per heavy atom. The Hall–Kier alpha value is -3.11. The molecule has 4 heterocycles. The van der Waals surface area contributed by atoms with Crippen molar-refractivity contribution in [1.82, 2.24) is 24.3 Å². The Kier molecular flexibility index (Phi) is 3.60. The van der Waals surface area contributed by atoms with Crippen molar-refractivity contribution in [2.45, 2.75) is 19.3 Å². The summed E-state index contributed by atoms with van der Waals surface area (Å²) in [5.74, 6) is 1.54. The number of hydrogen-bond donors (Lipinski definition) is 1. The number of imidazole rings is 1. The van der Waals surface area contributed by atoms with Gasteiger partial charge in [-0.2, -0.15) is 13.2 Å². The van der Waals surface area contributed by atoms with Gasteiger partial charge >= 0.3 is 12.0 Å². The van der Waals surface area contributed by atoms with Gasteiger partial charge in [-0.25, -0.2) is 14.5 Å². The second kappa shape index (κ2) is 5.71. The number of alkyl halides is 3. The normalized spacial score (nSPS) is 13.7. The maximum absolute atomic E-state index is 12.8. The van der Waals surface area contributed by atoms with E-state index in [1.807, 2.05) is 4.57 Å². The van der Waals surface area contributed by atoms with Gasteiger partial charge in [-0.05, 0) is 0 Å². The lowest BCUT2D eigenvalue weighted by atomic mass is 10.2. The van der Waals surface area contributed by atoms with Crippen LogP contribution in [0.2, 0.25) is 0 Å². The van der Waals surface area contributed by atoms with E-state index < -0.39 is 12.7 Å². The summed E-state index contributed by atoms with van der Waals surface area (Å²) in [4.78, 5) is 8.55. The van der Waals surface area contributed by atoms with E-state index in [9.17, 15) is 13.2 Å². The standard InChI is InChI=1S/C15H15F3N7O/c1-23-8-25(7-15(16,17)18)14(22-23)10-6-24-2-3-26-11-4-12(19)20-5-9(11)13(24)21-10/h4-6,8H,2-3,7H2,1H3,(H2,19,20)/q+1. The number of nitrogen functional groups attached to an aromatic ring is 1. The monoisotopic (exact) mass is 366 g/mol. The Balaban J connectivity index is 1.81. The summed E-state index contributed by atoms with van der Waals surface area (Å²) in [5, 5.41) is 4.14. The van der Waals surface area contributed by atoms with Crippen LogP contribution < -0.4 is 15.0 Å². The van der Waals surface area contributed by atoms with Crippen LogP contribution in [0.3, 0.4) is 0 Å². The van der Waals surface area contributed by atoms with Crippen LogP contribution in [0.4, 0.5) is 19.0 Å². The highest BCUT2D eigenvalue weighted by Gasteiger charge is 2.34. The molecule has 26 heavy (non-hydrogen) atoms. The van der Waals surface area contributed by atoms with Gasteiger partial charge < -0.3 is 15.0 Å². The molecular formula is C15H15F3N7O+. The predicted molar refractivity (Wildman–Crippen MR) is 83.8 cm³/mol. The van der Waals surface area contributed by atoms with E-state index in [2.05, 4.69) is 15.1 Å². The van der Waals surface area contributed by atoms with Crippen LogP contribution in [-0.4, -0.2) is 37.1 Å². The van der Waals surface area contributed by atoms with E-state index in [1.165, 1.54) is 11.0 Å². The molecule has 0 bridgehead atoms. The Bertz CT molecular complexity index is 976. The van der Waals surface area contributed by atoms with Gasteiger partial charge in [-0.1, -0.05) is 0 Å². The van der Waals surface area contributed by atoms with Gasteiger partial charge in [0.15, 0.2) is 12.2 Å². The zero-order valence-corrected chi connectivity index (χ0v) is 13.7. The van der Waals surface area contributed by atoms with Gasteiger partial charge in [-0.15, -0.1) is 4.68 Å². The van der Waals surface area contributed by atoms with Gasteiger partial charge in [0.1, 0.15) is 24.0 Å². The van der Waals surface area contributed by atoms with Crippen molar-refractivity contribution in [3.63, 3.8) is 0 Å². The third-order valence-corrected chi connectivity index (χ3v) is 3.90. The van der Waals surface area contributed by atoms with Crippen molar-refractivity contribution < 1.29 is 22.5 Å². The van der Waals surface area contributed by atoms with Gasteiger partial charge in [0.2, 0.25) is 6.33 Å². The van der Waals surface area contributed by atoms with Crippen LogP contribution in [-0.2, 0) is 20.1 Å². The molecule has 2 N–H and O–H groups in total. The lowest BCUT2D eigenvalue weighted by molar-refractivity contribution is -0.710. The molecule has 0 saturated carbocycles. The number of ether oxygens (including phenoxy) is 1. The largest absolute Gasteiger partial charge is 0.491 e. The number of hydrogen-bond acceptors (Lipinski definition) is 5. The van der Waals surface area contributed by atoms with Crippen molar-refractivity contribution in [3.8, 4) is 28.7 Å². The zero-order valence-electron chi connectivity index (χ0n) is 13.7. The van der Waals surface area contributed by atoms with Gasteiger partial charge in [0.05, 0.1) is 19.2 Å². The molecule has 0 radical (unpaired) electrons. The first-order valence-corrected chi connectivity index (χ1v) is 7.76. The minimum absolute atomic E-state index is 0.135. The number of aromatic nitrogens is 6. The lowest BCUT2D eigenvalue weighted by Gasteiger charge is -2.06. The molecule has 8 nitrogen and oxygen atoms in total. The molecule has 0 atom stereocenters. The minimum atomic E-state index is -4.36. The van der Waals surface area contributed by atoms with Crippen molar-refractivity contribution in [2.24, 2.45) is 7.05 Å². The number of fused-ring (bicyclic) bond motifs is 3. The summed E-state index contributed by atoms with van der Waals surface area (Å²) in [5.41, 5.74) is 6.66. The number of aryl methyl sites for hydroxylation is 1. The number of rotatable bonds is 2. The molecule has 0 fully saturated rings. The molecule has 1 aliphatic heterocycles. The average molecular weight is 366 g/mol. The molecule has 136 valence electrons. The minimum Gasteiger partial charge on any atom is -0.491 e. The third kappa shape index (κ3) is 2.95. The second-order valence-electron chi connectivity index (χ2n) is 5.95. The van der Waals surface area contributed by atoms with Crippen molar-refractivity contribution in [2.75, 3.05) is 12.3 Å². The summed E-state index contributed by atoms with van der Waals surface area (Å²) in [6.45, 7) is -0.275. The predicted octanol–water partition coefficient (Wildman–Crippen LogP) is 1.17. The van der Waals surface area contributed by atoms with E-state index in [-0.39, 0.29) is 5.82 Å². The van der Waals surface area contributed by atoms with Crippen LogP contribution in [0.25, 0.3) is 22.9 Å². The fourth-order valence-electron chi connectivity index (χ4n) is 2.90. The smallest absolute Gasteiger partial charge is 0.419 e. The lowest BCUT2D eigenvalue weighted by Crippen LogP contribution is -2.41. The van der Waals surface area contributed by atoms with Crippen LogP contribution in [0, 0.1) is 0 Å². The van der Waals surface area contributed by atoms with E-state index in [0.717, 1.165) is 4.57 Å². The first-order chi connectivity index (χ1) is 12.3. The summed E-state index contributed by atoms with van der Waals surface area (Å²) < 4.78 is 48.3. The fourth-order valence-corrected chi connectivity index (χ4v) is 2.90. The molecule has 0 saturated heterocycles. The van der Waals surface area contributed by atoms with Gasteiger partial charge in [0, 0.05) is 23.6 Å². The molecule has 0 unspecified atom stereocenters. The molecule has 3 aromatic rings. The third-order valence-electron chi connectivity index (χ3n) is 3.90. The van der Waals surface area contributed by atoms with Crippen molar-refractivity contribution in [3.05, 3.63) is 24.8 Å². The number of nitrogens with zero attached hydrogens (tertiary/aromatic N) is 6. The van der Waals surface area contributed by atoms with Crippen LogP contribution in [0.15, 0.2) is 24.8 Å². The maximum Gasteiger partial charge on any atom is 0.419 e. The number of pyridine rings is 1. The highest BCUT2D eigenvalue weighted by atomic mass is 19.4. The van der Waals surface area contributed by atoms with Gasteiger partial charge in [-0.3, -0.25) is 0 Å². The first-order valence-electron chi connectivity index (χ1n) is 7.76. The van der Waals surface area contributed by atoms with Gasteiger partial charge in [0.25, 0.3) is 0 Å². The Morgan fingerprint density at radius 2 is 2.19 bits per heavy atom. The Labute approximate surface area is 145 Å². The van der Waals surface area contributed by atoms with E-state index in [4.69, 9.17) is 10.5 Å². The van der Waals surface area contributed by atoms with E-state index in [0.29, 0.717) is 41.8 Å². The molecule has 4 rings (SSSR count). The SMILES string of the molecule is Cn1c[n+](CC(F)(F)F)c(-c2cn3c(n2)-c2cnc(N)cc2OCC3)n1. The molecule has 0 aliphatic carbocycles. The highest BCUT2D eigenvalue weighted by Crippen LogP contribution is 2.33. The van der Waals surface area contributed by atoms with Crippen LogP contribution in [0.5, 0.6) is 5.75 Å². The summed E-state index contributed by atoms with van der Waals surface area (Å²) in [6.07, 6.45) is 0.133. The maximum atomic E-state index is 12.8. The molecule has 3 aromatic heterocycles. The first kappa shape index (κ1) is 16.4. The number of anilines is 1. The van der Waals surface area contributed by atoms with Crippen molar-refractivity contribution >= 4 is 5.82 Å². The molecular weight excluding hydrogens is 351 g/mol. The average Bonchev–Trinajstić information content (AvgIpc) is 3.05. The topological polar surface area (TPSA) is 87.7 Å².